The quantitative estimate of drug-likeness (QED) is 0.772. The molecule has 3 aromatic rings. The van der Waals surface area contributed by atoms with E-state index in [1.54, 1.807) is 18.3 Å². The van der Waals surface area contributed by atoms with E-state index in [1.807, 2.05) is 26.0 Å². The molecule has 0 bridgehead atoms. The number of rotatable bonds is 4. The summed E-state index contributed by atoms with van der Waals surface area (Å²) in [6.45, 7) is 3.72. The monoisotopic (exact) mass is 312 g/mol. The van der Waals surface area contributed by atoms with Crippen LogP contribution in [0.1, 0.15) is 21.7 Å². The third kappa shape index (κ3) is 2.80. The number of nitrogens with one attached hydrogen (secondary N) is 2. The summed E-state index contributed by atoms with van der Waals surface area (Å²) < 4.78 is 10.7. The van der Waals surface area contributed by atoms with Gasteiger partial charge in [-0.1, -0.05) is 0 Å². The Bertz CT molecular complexity index is 851. The van der Waals surface area contributed by atoms with Crippen molar-refractivity contribution in [3.05, 3.63) is 47.3 Å². The maximum atomic E-state index is 12.4. The predicted octanol–water partition coefficient (Wildman–Crippen LogP) is 2.94. The molecular weight excluding hydrogens is 296 g/mol. The van der Waals surface area contributed by atoms with Crippen LogP contribution in [0.2, 0.25) is 0 Å². The smallest absolute Gasteiger partial charge is 0.262 e. The molecule has 3 heterocycles. The third-order valence-corrected chi connectivity index (χ3v) is 3.44. The van der Waals surface area contributed by atoms with Gasteiger partial charge in [-0.05, 0) is 38.1 Å². The number of hydrogen-bond acceptors (Lipinski definition) is 5. The Balaban J connectivity index is 1.86. The van der Waals surface area contributed by atoms with Gasteiger partial charge in [-0.3, -0.25) is 9.89 Å². The highest BCUT2D eigenvalue weighted by molar-refractivity contribution is 6.05. The van der Waals surface area contributed by atoms with Crippen molar-refractivity contribution >= 4 is 11.7 Å². The zero-order valence-corrected chi connectivity index (χ0v) is 13.0. The summed E-state index contributed by atoms with van der Waals surface area (Å²) in [5.41, 5.74) is 1.86. The number of furan rings is 1. The summed E-state index contributed by atoms with van der Waals surface area (Å²) >= 11 is 0. The molecule has 0 aromatic carbocycles. The lowest BCUT2D eigenvalue weighted by molar-refractivity contribution is 0.102. The van der Waals surface area contributed by atoms with E-state index in [0.29, 0.717) is 17.1 Å². The Hall–Kier alpha value is -3.09. The van der Waals surface area contributed by atoms with Gasteiger partial charge in [0.25, 0.3) is 5.91 Å². The number of carbonyl (C=O) groups excluding carboxylic acids is 1. The number of methoxy groups -OCH3 is 1. The fraction of sp³-hybridized carbons (Fsp3) is 0.188. The molecule has 0 atom stereocenters. The molecule has 0 radical (unpaired) electrons. The number of aromatic nitrogens is 3. The molecule has 1 amide bonds. The Kier molecular flexibility index (Phi) is 3.84. The van der Waals surface area contributed by atoms with Crippen LogP contribution in [-0.4, -0.2) is 28.2 Å². The molecule has 0 aliphatic carbocycles. The lowest BCUT2D eigenvalue weighted by Gasteiger charge is -2.06. The summed E-state index contributed by atoms with van der Waals surface area (Å²) in [7, 11) is 1.47. The van der Waals surface area contributed by atoms with Crippen LogP contribution in [0.4, 0.5) is 5.82 Å². The Morgan fingerprint density at radius 1 is 1.30 bits per heavy atom. The van der Waals surface area contributed by atoms with Crippen molar-refractivity contribution in [1.29, 1.82) is 0 Å². The molecule has 0 spiro atoms. The highest BCUT2D eigenvalue weighted by Gasteiger charge is 2.18. The zero-order valence-electron chi connectivity index (χ0n) is 13.0. The number of carbonyl (C=O) groups is 1. The first-order chi connectivity index (χ1) is 11.1. The fourth-order valence-corrected chi connectivity index (χ4v) is 2.23. The molecule has 7 nitrogen and oxygen atoms in total. The first kappa shape index (κ1) is 14.8. The van der Waals surface area contributed by atoms with Crippen molar-refractivity contribution in [3.63, 3.8) is 0 Å². The minimum atomic E-state index is -0.341. The number of H-pyrrole nitrogens is 1. The second kappa shape index (κ2) is 5.96. The van der Waals surface area contributed by atoms with Crippen LogP contribution in [0.25, 0.3) is 11.5 Å². The number of amides is 1. The van der Waals surface area contributed by atoms with Gasteiger partial charge in [-0.15, -0.1) is 0 Å². The topological polar surface area (TPSA) is 93.0 Å². The molecular formula is C16H16N4O3. The Morgan fingerprint density at radius 3 is 2.83 bits per heavy atom. The zero-order chi connectivity index (χ0) is 16.4. The van der Waals surface area contributed by atoms with Crippen LogP contribution >= 0.6 is 0 Å². The number of nitrogens with zero attached hydrogens (tertiary/aromatic N) is 2. The van der Waals surface area contributed by atoms with E-state index >= 15 is 0 Å². The lowest BCUT2D eigenvalue weighted by atomic mass is 10.2. The van der Waals surface area contributed by atoms with E-state index in [0.717, 1.165) is 17.0 Å². The maximum absolute atomic E-state index is 12.4. The van der Waals surface area contributed by atoms with Crippen molar-refractivity contribution in [3.8, 4) is 17.3 Å². The average Bonchev–Trinajstić information content (AvgIpc) is 3.14. The van der Waals surface area contributed by atoms with Crippen molar-refractivity contribution in [1.82, 2.24) is 15.2 Å². The van der Waals surface area contributed by atoms with Crippen LogP contribution in [-0.2, 0) is 0 Å². The Morgan fingerprint density at radius 2 is 2.13 bits per heavy atom. The van der Waals surface area contributed by atoms with Gasteiger partial charge in [0.15, 0.2) is 11.6 Å². The lowest BCUT2D eigenvalue weighted by Crippen LogP contribution is -2.14. The standard InChI is InChI=1S/C16H16N4O3/c1-9-6-7-12(23-9)13-10(2)14(20-19-13)18-15(21)11-5-4-8-17-16(11)22-3/h4-8H,1-3H3,(H2,18,19,20,21). The van der Waals surface area contributed by atoms with Crippen molar-refractivity contribution in [2.45, 2.75) is 13.8 Å². The molecule has 0 saturated heterocycles. The van der Waals surface area contributed by atoms with Crippen molar-refractivity contribution < 1.29 is 13.9 Å². The van der Waals surface area contributed by atoms with E-state index in [1.165, 1.54) is 7.11 Å². The van der Waals surface area contributed by atoms with Gasteiger partial charge in [0.2, 0.25) is 5.88 Å². The molecule has 0 unspecified atom stereocenters. The van der Waals surface area contributed by atoms with Gasteiger partial charge in [0.1, 0.15) is 17.0 Å². The Labute approximate surface area is 132 Å². The summed E-state index contributed by atoms with van der Waals surface area (Å²) in [5.74, 6) is 1.84. The van der Waals surface area contributed by atoms with Crippen LogP contribution in [0.3, 0.4) is 0 Å². The minimum Gasteiger partial charge on any atom is -0.480 e. The molecule has 0 aliphatic rings. The highest BCUT2D eigenvalue weighted by atomic mass is 16.5. The number of aromatic amines is 1. The molecule has 0 saturated carbocycles. The van der Waals surface area contributed by atoms with E-state index in [2.05, 4.69) is 20.5 Å². The maximum Gasteiger partial charge on any atom is 0.262 e. The van der Waals surface area contributed by atoms with Gasteiger partial charge in [0.05, 0.1) is 7.11 Å². The number of aryl methyl sites for hydroxylation is 1. The predicted molar refractivity (Wildman–Crippen MR) is 84.5 cm³/mol. The molecule has 0 aliphatic heterocycles. The number of pyridine rings is 1. The number of hydrogen-bond donors (Lipinski definition) is 2. The molecule has 118 valence electrons. The second-order valence-electron chi connectivity index (χ2n) is 5.00. The van der Waals surface area contributed by atoms with E-state index < -0.39 is 0 Å². The minimum absolute atomic E-state index is 0.264. The van der Waals surface area contributed by atoms with Crippen molar-refractivity contribution in [2.75, 3.05) is 12.4 Å². The molecule has 23 heavy (non-hydrogen) atoms. The van der Waals surface area contributed by atoms with Crippen LogP contribution in [0, 0.1) is 13.8 Å². The van der Waals surface area contributed by atoms with Gasteiger partial charge in [-0.25, -0.2) is 4.98 Å². The van der Waals surface area contributed by atoms with Gasteiger partial charge in [-0.2, -0.15) is 5.10 Å². The molecule has 2 N–H and O–H groups in total. The third-order valence-electron chi connectivity index (χ3n) is 3.44. The molecule has 0 fully saturated rings. The normalized spacial score (nSPS) is 10.6. The second-order valence-corrected chi connectivity index (χ2v) is 5.00. The fourth-order valence-electron chi connectivity index (χ4n) is 2.23. The van der Waals surface area contributed by atoms with Crippen LogP contribution in [0.5, 0.6) is 5.88 Å². The number of anilines is 1. The van der Waals surface area contributed by atoms with Crippen molar-refractivity contribution in [2.24, 2.45) is 0 Å². The first-order valence-corrected chi connectivity index (χ1v) is 7.02. The molecule has 7 heteroatoms. The van der Waals surface area contributed by atoms with Crippen LogP contribution < -0.4 is 10.1 Å². The van der Waals surface area contributed by atoms with E-state index in [9.17, 15) is 4.79 Å². The average molecular weight is 312 g/mol. The van der Waals surface area contributed by atoms with Crippen LogP contribution in [0.15, 0.2) is 34.9 Å². The molecule has 3 aromatic heterocycles. The van der Waals surface area contributed by atoms with Gasteiger partial charge in [0, 0.05) is 11.8 Å². The SMILES string of the molecule is COc1ncccc1C(=O)Nc1n[nH]c(-c2ccc(C)o2)c1C. The molecule has 3 rings (SSSR count). The summed E-state index contributed by atoms with van der Waals surface area (Å²) in [4.78, 5) is 16.4. The van der Waals surface area contributed by atoms with E-state index in [4.69, 9.17) is 9.15 Å². The van der Waals surface area contributed by atoms with Gasteiger partial charge < -0.3 is 14.5 Å². The first-order valence-electron chi connectivity index (χ1n) is 7.02. The summed E-state index contributed by atoms with van der Waals surface area (Å²) in [5, 5.41) is 9.78. The summed E-state index contributed by atoms with van der Waals surface area (Å²) in [6.07, 6.45) is 1.56. The largest absolute Gasteiger partial charge is 0.480 e. The highest BCUT2D eigenvalue weighted by Crippen LogP contribution is 2.28. The summed E-state index contributed by atoms with van der Waals surface area (Å²) in [6, 6.07) is 7.03. The van der Waals surface area contributed by atoms with E-state index in [-0.39, 0.29) is 11.8 Å². The number of ether oxygens (including phenoxy) is 1. The van der Waals surface area contributed by atoms with Gasteiger partial charge >= 0.3 is 0 Å².